The maximum absolute atomic E-state index is 6.12. The summed E-state index contributed by atoms with van der Waals surface area (Å²) in [6, 6.07) is 3.73. The zero-order valence-electron chi connectivity index (χ0n) is 11.3. The van der Waals surface area contributed by atoms with Crippen molar-refractivity contribution in [2.24, 2.45) is 5.73 Å². The Morgan fingerprint density at radius 2 is 1.94 bits per heavy atom. The molecule has 2 saturated heterocycles. The Balaban J connectivity index is 1.93. The summed E-state index contributed by atoms with van der Waals surface area (Å²) in [6.45, 7) is 4.13. The number of hydrogen-bond donors (Lipinski definition) is 1. The molecule has 2 fully saturated rings. The molecule has 2 N–H and O–H groups in total. The summed E-state index contributed by atoms with van der Waals surface area (Å²) in [5.74, 6) is 2.01. The zero-order chi connectivity index (χ0) is 12.7. The normalized spacial score (nSPS) is 30.8. The first-order valence-corrected chi connectivity index (χ1v) is 7.06. The number of aryl methyl sites for hydroxylation is 2. The maximum Gasteiger partial charge on any atom is 0.133 e. The van der Waals surface area contributed by atoms with Crippen LogP contribution in [0.2, 0.25) is 0 Å². The van der Waals surface area contributed by atoms with Crippen molar-refractivity contribution in [2.75, 3.05) is 4.90 Å². The summed E-state index contributed by atoms with van der Waals surface area (Å²) in [5, 5.41) is 0. The van der Waals surface area contributed by atoms with Crippen molar-refractivity contribution >= 4 is 5.82 Å². The molecule has 1 aromatic heterocycles. The third kappa shape index (κ3) is 1.99. The van der Waals surface area contributed by atoms with E-state index in [0.717, 1.165) is 36.6 Å². The molecule has 98 valence electrons. The van der Waals surface area contributed by atoms with Crippen molar-refractivity contribution in [3.8, 4) is 0 Å². The molecular weight excluding hydrogens is 224 g/mol. The topological polar surface area (TPSA) is 55.0 Å². The fourth-order valence-corrected chi connectivity index (χ4v) is 3.52. The van der Waals surface area contributed by atoms with E-state index in [-0.39, 0.29) is 0 Å². The van der Waals surface area contributed by atoms with Gasteiger partial charge in [0.2, 0.25) is 0 Å². The minimum atomic E-state index is 0.382. The minimum Gasteiger partial charge on any atom is -0.350 e. The Labute approximate surface area is 109 Å². The summed E-state index contributed by atoms with van der Waals surface area (Å²) >= 11 is 0. The number of hydrogen-bond acceptors (Lipinski definition) is 4. The van der Waals surface area contributed by atoms with Crippen molar-refractivity contribution in [3.05, 3.63) is 17.6 Å². The van der Waals surface area contributed by atoms with Crippen molar-refractivity contribution in [2.45, 2.75) is 64.1 Å². The average Bonchev–Trinajstić information content (AvgIpc) is 2.61. The molecule has 0 aliphatic carbocycles. The van der Waals surface area contributed by atoms with Crippen LogP contribution >= 0.6 is 0 Å². The lowest BCUT2D eigenvalue weighted by atomic mass is 9.98. The summed E-state index contributed by atoms with van der Waals surface area (Å²) in [7, 11) is 0. The van der Waals surface area contributed by atoms with Crippen LogP contribution in [0.25, 0.3) is 0 Å². The molecule has 3 rings (SSSR count). The molecule has 0 spiro atoms. The van der Waals surface area contributed by atoms with Gasteiger partial charge in [-0.2, -0.15) is 0 Å². The molecule has 0 saturated carbocycles. The number of rotatable bonds is 2. The van der Waals surface area contributed by atoms with Crippen LogP contribution in [0.5, 0.6) is 0 Å². The molecule has 4 nitrogen and oxygen atoms in total. The smallest absolute Gasteiger partial charge is 0.133 e. The molecule has 2 aliphatic heterocycles. The Morgan fingerprint density at radius 1 is 1.28 bits per heavy atom. The highest BCUT2D eigenvalue weighted by molar-refractivity contribution is 5.45. The number of nitrogens with two attached hydrogens (primary N) is 1. The van der Waals surface area contributed by atoms with Gasteiger partial charge in [0.25, 0.3) is 0 Å². The van der Waals surface area contributed by atoms with E-state index in [1.54, 1.807) is 0 Å². The van der Waals surface area contributed by atoms with Crippen molar-refractivity contribution in [1.82, 2.24) is 9.97 Å². The molecule has 2 aliphatic rings. The number of fused-ring (bicyclic) bond motifs is 2. The lowest BCUT2D eigenvalue weighted by molar-refractivity contribution is 0.411. The highest BCUT2D eigenvalue weighted by Crippen LogP contribution is 2.38. The first-order valence-electron chi connectivity index (χ1n) is 7.06. The van der Waals surface area contributed by atoms with E-state index in [0.29, 0.717) is 18.1 Å². The Hall–Kier alpha value is -1.16. The van der Waals surface area contributed by atoms with Gasteiger partial charge in [-0.1, -0.05) is 6.92 Å². The van der Waals surface area contributed by atoms with Gasteiger partial charge in [-0.3, -0.25) is 0 Å². The first kappa shape index (κ1) is 11.9. The predicted octanol–water partition coefficient (Wildman–Crippen LogP) is 1.81. The second-order valence-electron chi connectivity index (χ2n) is 5.64. The Kier molecular flexibility index (Phi) is 2.98. The molecule has 2 atom stereocenters. The molecule has 2 unspecified atom stereocenters. The number of piperidine rings is 1. The van der Waals surface area contributed by atoms with Gasteiger partial charge in [0.1, 0.15) is 11.6 Å². The Bertz CT molecular complexity index is 431. The molecule has 0 radical (unpaired) electrons. The molecule has 0 amide bonds. The summed E-state index contributed by atoms with van der Waals surface area (Å²) in [6.07, 6.45) is 5.73. The van der Waals surface area contributed by atoms with E-state index in [1.807, 2.05) is 6.92 Å². The van der Waals surface area contributed by atoms with Crippen LogP contribution in [0, 0.1) is 6.92 Å². The van der Waals surface area contributed by atoms with Gasteiger partial charge in [0, 0.05) is 29.9 Å². The van der Waals surface area contributed by atoms with Gasteiger partial charge >= 0.3 is 0 Å². The van der Waals surface area contributed by atoms with E-state index in [4.69, 9.17) is 5.73 Å². The number of aromatic nitrogens is 2. The van der Waals surface area contributed by atoms with Crippen LogP contribution in [0.1, 0.15) is 44.1 Å². The SMILES string of the molecule is CCc1cc(N2C3CCC2CC(N)C3)nc(C)n1. The lowest BCUT2D eigenvalue weighted by Gasteiger charge is -2.38. The fourth-order valence-electron chi connectivity index (χ4n) is 3.52. The van der Waals surface area contributed by atoms with Crippen molar-refractivity contribution in [3.63, 3.8) is 0 Å². The van der Waals surface area contributed by atoms with Gasteiger partial charge in [0.15, 0.2) is 0 Å². The molecule has 18 heavy (non-hydrogen) atoms. The minimum absolute atomic E-state index is 0.382. The van der Waals surface area contributed by atoms with Gasteiger partial charge in [-0.15, -0.1) is 0 Å². The van der Waals surface area contributed by atoms with Crippen LogP contribution in [0.4, 0.5) is 5.82 Å². The second kappa shape index (κ2) is 4.50. The molecule has 2 bridgehead atoms. The zero-order valence-corrected chi connectivity index (χ0v) is 11.3. The highest BCUT2D eigenvalue weighted by Gasteiger charge is 2.40. The predicted molar refractivity (Wildman–Crippen MR) is 72.6 cm³/mol. The largest absolute Gasteiger partial charge is 0.350 e. The van der Waals surface area contributed by atoms with E-state index >= 15 is 0 Å². The van der Waals surface area contributed by atoms with Gasteiger partial charge in [-0.25, -0.2) is 9.97 Å². The third-order valence-electron chi connectivity index (χ3n) is 4.27. The molecule has 0 aromatic carbocycles. The van der Waals surface area contributed by atoms with Crippen LogP contribution < -0.4 is 10.6 Å². The molecule has 4 heteroatoms. The standard InChI is InChI=1S/C14H22N4/c1-3-11-8-14(17-9(2)16-11)18-12-4-5-13(18)7-10(15)6-12/h8,10,12-13H,3-7,15H2,1-2H3. The van der Waals surface area contributed by atoms with E-state index in [9.17, 15) is 0 Å². The Morgan fingerprint density at radius 3 is 2.56 bits per heavy atom. The summed E-state index contributed by atoms with van der Waals surface area (Å²) in [5.41, 5.74) is 7.27. The van der Waals surface area contributed by atoms with Gasteiger partial charge in [0.05, 0.1) is 0 Å². The molecule has 3 heterocycles. The van der Waals surface area contributed by atoms with E-state index in [1.165, 1.54) is 12.8 Å². The first-order chi connectivity index (χ1) is 8.67. The molecule has 1 aromatic rings. The third-order valence-corrected chi connectivity index (χ3v) is 4.27. The average molecular weight is 246 g/mol. The second-order valence-corrected chi connectivity index (χ2v) is 5.64. The monoisotopic (exact) mass is 246 g/mol. The van der Waals surface area contributed by atoms with Gasteiger partial charge in [-0.05, 0) is 39.0 Å². The maximum atomic E-state index is 6.12. The number of nitrogens with zero attached hydrogens (tertiary/aromatic N) is 3. The van der Waals surface area contributed by atoms with Crippen LogP contribution in [-0.2, 0) is 6.42 Å². The lowest BCUT2D eigenvalue weighted by Crippen LogP contribution is -2.48. The van der Waals surface area contributed by atoms with Crippen LogP contribution in [0.3, 0.4) is 0 Å². The number of anilines is 1. The van der Waals surface area contributed by atoms with Crippen molar-refractivity contribution in [1.29, 1.82) is 0 Å². The highest BCUT2D eigenvalue weighted by atomic mass is 15.3. The van der Waals surface area contributed by atoms with E-state index in [2.05, 4.69) is 27.9 Å². The van der Waals surface area contributed by atoms with Crippen molar-refractivity contribution < 1.29 is 0 Å². The van der Waals surface area contributed by atoms with E-state index < -0.39 is 0 Å². The quantitative estimate of drug-likeness (QED) is 0.864. The van der Waals surface area contributed by atoms with Crippen LogP contribution in [0.15, 0.2) is 6.07 Å². The fraction of sp³-hybridized carbons (Fsp3) is 0.714. The molecular formula is C14H22N4. The van der Waals surface area contributed by atoms with Gasteiger partial charge < -0.3 is 10.6 Å². The summed E-state index contributed by atoms with van der Waals surface area (Å²) < 4.78 is 0. The summed E-state index contributed by atoms with van der Waals surface area (Å²) in [4.78, 5) is 11.6. The van der Waals surface area contributed by atoms with Crippen LogP contribution in [-0.4, -0.2) is 28.1 Å².